The van der Waals surface area contributed by atoms with E-state index in [2.05, 4.69) is 0 Å². The first-order valence-electron chi connectivity index (χ1n) is 10.6. The van der Waals surface area contributed by atoms with E-state index in [9.17, 15) is 14.4 Å². The van der Waals surface area contributed by atoms with Crippen molar-refractivity contribution < 1.29 is 28.2 Å². The molecule has 2 fully saturated rings. The van der Waals surface area contributed by atoms with Gasteiger partial charge in [-0.05, 0) is 58.2 Å². The number of fused-ring (bicyclic) bond motifs is 3. The van der Waals surface area contributed by atoms with Crippen LogP contribution in [0.15, 0.2) is 27.4 Å². The third-order valence-electron chi connectivity index (χ3n) is 7.30. The highest BCUT2D eigenvalue weighted by molar-refractivity contribution is 5.94. The quantitative estimate of drug-likeness (QED) is 0.524. The van der Waals surface area contributed by atoms with E-state index in [-0.39, 0.29) is 18.7 Å². The fraction of sp³-hybridized carbons (Fsp3) is 0.542. The van der Waals surface area contributed by atoms with Crippen LogP contribution in [-0.2, 0) is 25.7 Å². The van der Waals surface area contributed by atoms with Crippen LogP contribution in [0.25, 0.3) is 11.0 Å². The molecule has 2 heterocycles. The second-order valence-electron chi connectivity index (χ2n) is 9.58. The summed E-state index contributed by atoms with van der Waals surface area (Å²) < 4.78 is 22.7. The Morgan fingerprint density at radius 3 is 2.45 bits per heavy atom. The van der Waals surface area contributed by atoms with Gasteiger partial charge >= 0.3 is 17.6 Å². The molecule has 2 bridgehead atoms. The van der Waals surface area contributed by atoms with Gasteiger partial charge in [-0.2, -0.15) is 0 Å². The van der Waals surface area contributed by atoms with Gasteiger partial charge in [-0.1, -0.05) is 13.8 Å². The van der Waals surface area contributed by atoms with E-state index in [4.69, 9.17) is 18.6 Å². The van der Waals surface area contributed by atoms with Gasteiger partial charge in [0, 0.05) is 16.9 Å². The molecule has 1 aliphatic heterocycles. The van der Waals surface area contributed by atoms with E-state index < -0.39 is 28.0 Å². The van der Waals surface area contributed by atoms with Gasteiger partial charge in [0.25, 0.3) is 0 Å². The van der Waals surface area contributed by atoms with Gasteiger partial charge in [-0.3, -0.25) is 4.79 Å². The SMILES string of the molecule is Cc1cc(=O)oc2c(COC(=O)C34CCC(C)(C(=O)O3)C4(C)C)c(OC(C)C)ccc12. The lowest BCUT2D eigenvalue weighted by Gasteiger charge is -2.34. The van der Waals surface area contributed by atoms with Gasteiger partial charge in [0.15, 0.2) is 0 Å². The Labute approximate surface area is 180 Å². The van der Waals surface area contributed by atoms with Crippen LogP contribution in [-0.4, -0.2) is 23.6 Å². The molecule has 166 valence electrons. The lowest BCUT2D eigenvalue weighted by Crippen LogP contribution is -2.48. The molecule has 1 aromatic carbocycles. The Morgan fingerprint density at radius 1 is 1.16 bits per heavy atom. The Hall–Kier alpha value is -2.83. The summed E-state index contributed by atoms with van der Waals surface area (Å²) in [5, 5.41) is 0.737. The predicted octanol–water partition coefficient (Wildman–Crippen LogP) is 4.05. The molecule has 1 aliphatic carbocycles. The maximum atomic E-state index is 13.3. The number of esters is 2. The van der Waals surface area contributed by atoms with Crippen LogP contribution < -0.4 is 10.4 Å². The van der Waals surface area contributed by atoms with Crippen molar-refractivity contribution in [1.29, 1.82) is 0 Å². The van der Waals surface area contributed by atoms with Crippen molar-refractivity contribution in [3.05, 3.63) is 39.7 Å². The molecule has 1 aromatic heterocycles. The molecule has 1 saturated carbocycles. The first kappa shape index (κ1) is 21.4. The topological polar surface area (TPSA) is 92.0 Å². The molecule has 0 amide bonds. The summed E-state index contributed by atoms with van der Waals surface area (Å²) in [7, 11) is 0. The molecule has 2 aromatic rings. The van der Waals surface area contributed by atoms with Crippen molar-refractivity contribution in [2.24, 2.45) is 10.8 Å². The lowest BCUT2D eigenvalue weighted by molar-refractivity contribution is -0.184. The maximum Gasteiger partial charge on any atom is 0.351 e. The highest BCUT2D eigenvalue weighted by atomic mass is 16.6. The summed E-state index contributed by atoms with van der Waals surface area (Å²) in [6.45, 7) is 11.0. The summed E-state index contributed by atoms with van der Waals surface area (Å²) in [4.78, 5) is 37.8. The number of hydrogen-bond acceptors (Lipinski definition) is 7. The normalized spacial score (nSPS) is 26.4. The van der Waals surface area contributed by atoms with Crippen LogP contribution in [0, 0.1) is 17.8 Å². The molecule has 0 spiro atoms. The summed E-state index contributed by atoms with van der Waals surface area (Å²) >= 11 is 0. The number of aryl methyl sites for hydroxylation is 1. The van der Waals surface area contributed by atoms with E-state index in [1.54, 1.807) is 6.07 Å². The summed E-state index contributed by atoms with van der Waals surface area (Å²) in [5.41, 5.74) is -1.68. The van der Waals surface area contributed by atoms with Gasteiger partial charge in [0.05, 0.1) is 17.1 Å². The molecule has 0 radical (unpaired) electrons. The van der Waals surface area contributed by atoms with Crippen molar-refractivity contribution in [2.75, 3.05) is 0 Å². The van der Waals surface area contributed by atoms with Gasteiger partial charge in [-0.25, -0.2) is 9.59 Å². The summed E-state index contributed by atoms with van der Waals surface area (Å²) in [6.07, 6.45) is 0.852. The van der Waals surface area contributed by atoms with E-state index in [0.717, 1.165) is 10.9 Å². The molecule has 4 rings (SSSR count). The zero-order valence-corrected chi connectivity index (χ0v) is 18.8. The molecular weight excluding hydrogens is 400 g/mol. The minimum absolute atomic E-state index is 0.132. The Balaban J connectivity index is 1.71. The second-order valence-corrected chi connectivity index (χ2v) is 9.58. The standard InChI is InChI=1S/C24H28O7/c1-13(2)29-17-8-7-15-14(3)11-18(25)30-19(15)16(17)12-28-21(27)24-10-9-23(6,20(26)31-24)22(24,4)5/h7-8,11,13H,9-10,12H2,1-6H3. The third-order valence-corrected chi connectivity index (χ3v) is 7.30. The van der Waals surface area contributed by atoms with E-state index in [0.29, 0.717) is 29.7 Å². The molecular formula is C24H28O7. The van der Waals surface area contributed by atoms with Crippen LogP contribution in [0.2, 0.25) is 0 Å². The van der Waals surface area contributed by atoms with E-state index >= 15 is 0 Å². The van der Waals surface area contributed by atoms with Crippen LogP contribution in [0.5, 0.6) is 5.75 Å². The predicted molar refractivity (Wildman–Crippen MR) is 113 cm³/mol. The Kier molecular flexibility index (Phi) is 4.72. The van der Waals surface area contributed by atoms with E-state index in [1.807, 2.05) is 47.6 Å². The smallest absolute Gasteiger partial charge is 0.351 e. The average Bonchev–Trinajstić information content (AvgIpc) is 2.96. The number of rotatable bonds is 5. The van der Waals surface area contributed by atoms with Crippen LogP contribution in [0.4, 0.5) is 0 Å². The number of ether oxygens (including phenoxy) is 3. The van der Waals surface area contributed by atoms with Crippen molar-refractivity contribution in [3.8, 4) is 5.75 Å². The molecule has 2 unspecified atom stereocenters. The number of hydrogen-bond donors (Lipinski definition) is 0. The highest BCUT2D eigenvalue weighted by Gasteiger charge is 2.76. The monoisotopic (exact) mass is 428 g/mol. The Bertz CT molecular complexity index is 1140. The lowest BCUT2D eigenvalue weighted by atomic mass is 9.66. The summed E-state index contributed by atoms with van der Waals surface area (Å²) in [6, 6.07) is 5.02. The van der Waals surface area contributed by atoms with Crippen LogP contribution in [0.1, 0.15) is 58.6 Å². The first-order valence-corrected chi connectivity index (χ1v) is 10.6. The van der Waals surface area contributed by atoms with Gasteiger partial charge in [0.1, 0.15) is 17.9 Å². The zero-order valence-electron chi connectivity index (χ0n) is 18.8. The number of benzene rings is 1. The van der Waals surface area contributed by atoms with Gasteiger partial charge < -0.3 is 18.6 Å². The van der Waals surface area contributed by atoms with Crippen LogP contribution in [0.3, 0.4) is 0 Å². The molecule has 7 heteroatoms. The maximum absolute atomic E-state index is 13.3. The average molecular weight is 428 g/mol. The molecule has 1 saturated heterocycles. The fourth-order valence-electron chi connectivity index (χ4n) is 4.88. The van der Waals surface area contributed by atoms with Crippen molar-refractivity contribution in [3.63, 3.8) is 0 Å². The van der Waals surface area contributed by atoms with Gasteiger partial charge in [-0.15, -0.1) is 0 Å². The van der Waals surface area contributed by atoms with Crippen molar-refractivity contribution in [2.45, 2.75) is 72.7 Å². The van der Waals surface area contributed by atoms with Crippen molar-refractivity contribution >= 4 is 22.9 Å². The fourth-order valence-corrected chi connectivity index (χ4v) is 4.88. The molecule has 2 aliphatic rings. The molecule has 31 heavy (non-hydrogen) atoms. The Morgan fingerprint density at radius 2 is 1.87 bits per heavy atom. The minimum atomic E-state index is -1.32. The number of carbonyl (C=O) groups is 2. The largest absolute Gasteiger partial charge is 0.490 e. The van der Waals surface area contributed by atoms with Gasteiger partial charge in [0.2, 0.25) is 5.60 Å². The summed E-state index contributed by atoms with van der Waals surface area (Å²) in [5.74, 6) is -0.480. The second kappa shape index (κ2) is 6.84. The highest BCUT2D eigenvalue weighted by Crippen LogP contribution is 2.65. The minimum Gasteiger partial charge on any atom is -0.490 e. The van der Waals surface area contributed by atoms with E-state index in [1.165, 1.54) is 6.07 Å². The van der Waals surface area contributed by atoms with Crippen LogP contribution >= 0.6 is 0 Å². The number of carbonyl (C=O) groups excluding carboxylic acids is 2. The van der Waals surface area contributed by atoms with Crippen molar-refractivity contribution in [1.82, 2.24) is 0 Å². The zero-order chi connectivity index (χ0) is 22.8. The molecule has 7 nitrogen and oxygen atoms in total. The molecule has 0 N–H and O–H groups in total. The first-order chi connectivity index (χ1) is 14.4. The molecule has 2 atom stereocenters. The third kappa shape index (κ3) is 2.89.